The normalized spacial score (nSPS) is 11.2. The molecular formula is C19H18N4O2S. The number of hydrogen-bond acceptors (Lipinski definition) is 6. The molecule has 2 aromatic carbocycles. The second-order valence-electron chi connectivity index (χ2n) is 5.79. The first-order valence-corrected chi connectivity index (χ1v) is 9.35. The molecule has 0 aliphatic heterocycles. The zero-order valence-corrected chi connectivity index (χ0v) is 15.3. The molecule has 0 unspecified atom stereocenters. The number of imidazole rings is 1. The Bertz CT molecular complexity index is 1040. The molecule has 0 aliphatic rings. The lowest BCUT2D eigenvalue weighted by Gasteiger charge is -2.05. The molecule has 2 aromatic heterocycles. The van der Waals surface area contributed by atoms with Crippen molar-refractivity contribution in [2.75, 3.05) is 6.61 Å². The number of H-pyrrole nitrogens is 1. The van der Waals surface area contributed by atoms with Crippen LogP contribution in [0.3, 0.4) is 0 Å². The second kappa shape index (κ2) is 7.21. The van der Waals surface area contributed by atoms with Crippen LogP contribution >= 0.6 is 11.8 Å². The van der Waals surface area contributed by atoms with E-state index in [4.69, 9.17) is 9.26 Å². The number of para-hydroxylation sites is 1. The van der Waals surface area contributed by atoms with E-state index in [2.05, 4.69) is 39.2 Å². The van der Waals surface area contributed by atoms with Gasteiger partial charge in [-0.2, -0.15) is 4.98 Å². The molecule has 0 saturated heterocycles. The zero-order valence-electron chi connectivity index (χ0n) is 14.5. The topological polar surface area (TPSA) is 76.8 Å². The first kappa shape index (κ1) is 16.7. The van der Waals surface area contributed by atoms with Crippen LogP contribution in [0.4, 0.5) is 0 Å². The third-order valence-electron chi connectivity index (χ3n) is 3.84. The van der Waals surface area contributed by atoms with Crippen LogP contribution in [-0.2, 0) is 5.75 Å². The second-order valence-corrected chi connectivity index (χ2v) is 6.76. The fraction of sp³-hybridized carbons (Fsp3) is 0.211. The van der Waals surface area contributed by atoms with Crippen molar-refractivity contribution in [2.24, 2.45) is 0 Å². The number of hydrogen-bond donors (Lipinski definition) is 1. The Kier molecular flexibility index (Phi) is 4.62. The van der Waals surface area contributed by atoms with Gasteiger partial charge >= 0.3 is 0 Å². The number of nitrogens with one attached hydrogen (secondary N) is 1. The van der Waals surface area contributed by atoms with E-state index in [9.17, 15) is 0 Å². The molecular weight excluding hydrogens is 348 g/mol. The smallest absolute Gasteiger partial charge is 0.237 e. The molecule has 6 nitrogen and oxygen atoms in total. The van der Waals surface area contributed by atoms with Crippen molar-refractivity contribution in [3.05, 3.63) is 53.9 Å². The van der Waals surface area contributed by atoms with Crippen molar-refractivity contribution in [2.45, 2.75) is 24.8 Å². The van der Waals surface area contributed by atoms with E-state index in [0.29, 0.717) is 24.1 Å². The summed E-state index contributed by atoms with van der Waals surface area (Å²) >= 11 is 1.53. The van der Waals surface area contributed by atoms with E-state index in [1.165, 1.54) is 17.3 Å². The number of thioether (sulfide) groups is 1. The lowest BCUT2D eigenvalue weighted by molar-refractivity contribution is 0.341. The summed E-state index contributed by atoms with van der Waals surface area (Å²) in [5.41, 5.74) is 4.01. The summed E-state index contributed by atoms with van der Waals surface area (Å²) in [4.78, 5) is 12.4. The van der Waals surface area contributed by atoms with Crippen molar-refractivity contribution in [1.82, 2.24) is 20.1 Å². The van der Waals surface area contributed by atoms with E-state index >= 15 is 0 Å². The minimum atomic E-state index is 0.532. The van der Waals surface area contributed by atoms with Gasteiger partial charge in [0.1, 0.15) is 5.75 Å². The number of rotatable bonds is 6. The van der Waals surface area contributed by atoms with Crippen LogP contribution in [0.1, 0.15) is 18.4 Å². The molecule has 0 saturated carbocycles. The fourth-order valence-electron chi connectivity index (χ4n) is 2.65. The van der Waals surface area contributed by atoms with Crippen molar-refractivity contribution in [3.8, 4) is 17.1 Å². The van der Waals surface area contributed by atoms with Gasteiger partial charge in [-0.1, -0.05) is 35.1 Å². The Hall–Kier alpha value is -2.80. The lowest BCUT2D eigenvalue weighted by atomic mass is 10.2. The number of ether oxygens (including phenoxy) is 1. The maximum atomic E-state index is 5.63. The summed E-state index contributed by atoms with van der Waals surface area (Å²) < 4.78 is 11.0. The molecule has 0 aliphatic carbocycles. The summed E-state index contributed by atoms with van der Waals surface area (Å²) in [6.07, 6.45) is 0. The molecule has 0 amide bonds. The van der Waals surface area contributed by atoms with Crippen molar-refractivity contribution in [1.29, 1.82) is 0 Å². The number of benzene rings is 2. The van der Waals surface area contributed by atoms with Gasteiger partial charge in [0.25, 0.3) is 0 Å². The standard InChI is InChI=1S/C19H18N4O2S/c1-3-24-16-7-5-4-6-13(16)18-22-17(25-23-18)11-26-19-20-14-9-8-12(2)10-15(14)21-19/h4-10H,3,11H2,1-2H3,(H,20,21). The van der Waals surface area contributed by atoms with E-state index in [0.717, 1.165) is 27.5 Å². The SMILES string of the molecule is CCOc1ccccc1-c1noc(CSc2nc3ccc(C)cc3[nH]2)n1. The van der Waals surface area contributed by atoms with Gasteiger partial charge in [-0.3, -0.25) is 0 Å². The maximum Gasteiger partial charge on any atom is 0.237 e. The van der Waals surface area contributed by atoms with E-state index < -0.39 is 0 Å². The van der Waals surface area contributed by atoms with Crippen molar-refractivity contribution >= 4 is 22.8 Å². The van der Waals surface area contributed by atoms with Gasteiger partial charge in [0.05, 0.1) is 29.0 Å². The van der Waals surface area contributed by atoms with Crippen LogP contribution < -0.4 is 4.74 Å². The third-order valence-corrected chi connectivity index (χ3v) is 4.70. The lowest BCUT2D eigenvalue weighted by Crippen LogP contribution is -1.94. The van der Waals surface area contributed by atoms with Crippen LogP contribution in [0.5, 0.6) is 5.75 Å². The van der Waals surface area contributed by atoms with Gasteiger partial charge in [-0.25, -0.2) is 4.98 Å². The molecule has 0 atom stereocenters. The van der Waals surface area contributed by atoms with E-state index in [-0.39, 0.29) is 0 Å². The largest absolute Gasteiger partial charge is 0.493 e. The van der Waals surface area contributed by atoms with Crippen LogP contribution in [-0.4, -0.2) is 26.7 Å². The van der Waals surface area contributed by atoms with E-state index in [1.807, 2.05) is 37.3 Å². The Morgan fingerprint density at radius 1 is 1.15 bits per heavy atom. The molecule has 4 rings (SSSR count). The molecule has 132 valence electrons. The number of nitrogens with zero attached hydrogens (tertiary/aromatic N) is 3. The Morgan fingerprint density at radius 3 is 2.92 bits per heavy atom. The van der Waals surface area contributed by atoms with Gasteiger partial charge in [0.2, 0.25) is 11.7 Å². The molecule has 1 N–H and O–H groups in total. The summed E-state index contributed by atoms with van der Waals surface area (Å²) in [6, 6.07) is 13.8. The minimum absolute atomic E-state index is 0.532. The molecule has 7 heteroatoms. The Balaban J connectivity index is 1.50. The Morgan fingerprint density at radius 2 is 2.04 bits per heavy atom. The number of aromatic nitrogens is 4. The first-order valence-electron chi connectivity index (χ1n) is 8.37. The van der Waals surface area contributed by atoms with Gasteiger partial charge in [-0.05, 0) is 43.7 Å². The molecule has 0 bridgehead atoms. The summed E-state index contributed by atoms with van der Waals surface area (Å²) in [5.74, 6) is 2.38. The summed E-state index contributed by atoms with van der Waals surface area (Å²) in [7, 11) is 0. The fourth-order valence-corrected chi connectivity index (χ4v) is 3.38. The third kappa shape index (κ3) is 3.43. The van der Waals surface area contributed by atoms with Gasteiger partial charge in [0, 0.05) is 0 Å². The average Bonchev–Trinajstić information content (AvgIpc) is 3.27. The zero-order chi connectivity index (χ0) is 17.9. The number of aryl methyl sites for hydroxylation is 1. The van der Waals surface area contributed by atoms with Crippen LogP contribution in [0.15, 0.2) is 52.1 Å². The Labute approximate surface area is 155 Å². The molecule has 0 fully saturated rings. The highest BCUT2D eigenvalue weighted by Crippen LogP contribution is 2.29. The van der Waals surface area contributed by atoms with E-state index in [1.54, 1.807) is 0 Å². The molecule has 26 heavy (non-hydrogen) atoms. The molecule has 0 radical (unpaired) electrons. The molecule has 2 heterocycles. The minimum Gasteiger partial charge on any atom is -0.493 e. The quantitative estimate of drug-likeness (QED) is 0.502. The molecule has 0 spiro atoms. The van der Waals surface area contributed by atoms with Gasteiger partial charge < -0.3 is 14.2 Å². The van der Waals surface area contributed by atoms with Crippen LogP contribution in [0, 0.1) is 6.92 Å². The van der Waals surface area contributed by atoms with Crippen LogP contribution in [0.2, 0.25) is 0 Å². The van der Waals surface area contributed by atoms with Crippen molar-refractivity contribution in [3.63, 3.8) is 0 Å². The highest BCUT2D eigenvalue weighted by Gasteiger charge is 2.14. The van der Waals surface area contributed by atoms with Gasteiger partial charge in [-0.15, -0.1) is 0 Å². The predicted molar refractivity (Wildman–Crippen MR) is 101 cm³/mol. The molecule has 4 aromatic rings. The van der Waals surface area contributed by atoms with Crippen molar-refractivity contribution < 1.29 is 9.26 Å². The summed E-state index contributed by atoms with van der Waals surface area (Å²) in [5, 5.41) is 4.92. The monoisotopic (exact) mass is 366 g/mol. The summed E-state index contributed by atoms with van der Waals surface area (Å²) in [6.45, 7) is 4.60. The average molecular weight is 366 g/mol. The number of fused-ring (bicyclic) bond motifs is 1. The predicted octanol–water partition coefficient (Wildman–Crippen LogP) is 4.61. The van der Waals surface area contributed by atoms with Crippen LogP contribution in [0.25, 0.3) is 22.4 Å². The highest BCUT2D eigenvalue weighted by atomic mass is 32.2. The highest BCUT2D eigenvalue weighted by molar-refractivity contribution is 7.98. The number of aromatic amines is 1. The van der Waals surface area contributed by atoms with Gasteiger partial charge in [0.15, 0.2) is 5.16 Å². The first-order chi connectivity index (χ1) is 12.7. The maximum absolute atomic E-state index is 5.63.